The molecule has 0 fully saturated rings. The molecule has 2 aromatic carbocycles. The first-order valence-electron chi connectivity index (χ1n) is 7.62. The van der Waals surface area contributed by atoms with Crippen molar-refractivity contribution in [3.63, 3.8) is 0 Å². The monoisotopic (exact) mass is 380 g/mol. The van der Waals surface area contributed by atoms with Crippen LogP contribution in [0.25, 0.3) is 22.9 Å². The Balaban J connectivity index is 1.87. The topological polar surface area (TPSA) is 63.0 Å². The number of allylic oxidation sites excluding steroid dienone is 1. The van der Waals surface area contributed by atoms with Gasteiger partial charge in [-0.2, -0.15) is 5.26 Å². The van der Waals surface area contributed by atoms with Gasteiger partial charge < -0.3 is 4.74 Å². The van der Waals surface area contributed by atoms with Gasteiger partial charge in [-0.1, -0.05) is 35.9 Å². The molecule has 0 aliphatic carbocycles. The molecule has 0 aliphatic rings. The van der Waals surface area contributed by atoms with Crippen LogP contribution in [0.2, 0.25) is 5.02 Å². The maximum absolute atomic E-state index is 11.5. The third kappa shape index (κ3) is 3.99. The minimum Gasteiger partial charge on any atom is -0.465 e. The van der Waals surface area contributed by atoms with E-state index in [9.17, 15) is 10.1 Å². The Kier molecular flexibility index (Phi) is 5.47. The molecule has 1 heterocycles. The molecule has 0 saturated heterocycles. The predicted octanol–water partition coefficient (Wildman–Crippen LogP) is 5.31. The fraction of sp³-hybridized carbons (Fsp3) is 0.0500. The van der Waals surface area contributed by atoms with Crippen molar-refractivity contribution in [1.29, 1.82) is 5.26 Å². The molecule has 3 rings (SSSR count). The van der Waals surface area contributed by atoms with Crippen LogP contribution in [0.1, 0.15) is 20.9 Å². The Bertz CT molecular complexity index is 1000. The third-order valence-electron chi connectivity index (χ3n) is 3.64. The van der Waals surface area contributed by atoms with Crippen LogP contribution in [0, 0.1) is 11.3 Å². The molecule has 128 valence electrons. The highest BCUT2D eigenvalue weighted by molar-refractivity contribution is 7.11. The zero-order valence-corrected chi connectivity index (χ0v) is 15.3. The summed E-state index contributed by atoms with van der Waals surface area (Å²) in [6.07, 6.45) is 1.74. The summed E-state index contributed by atoms with van der Waals surface area (Å²) in [5.74, 6) is -0.395. The summed E-state index contributed by atoms with van der Waals surface area (Å²) in [7, 11) is 1.34. The van der Waals surface area contributed by atoms with Gasteiger partial charge in [0.05, 0.1) is 23.9 Å². The number of benzene rings is 2. The van der Waals surface area contributed by atoms with Gasteiger partial charge in [0.2, 0.25) is 0 Å². The molecule has 3 aromatic rings. The molecule has 0 N–H and O–H groups in total. The molecular formula is C20H13ClN2O2S. The number of nitriles is 1. The normalized spacial score (nSPS) is 11.0. The number of hydrogen-bond donors (Lipinski definition) is 0. The SMILES string of the molecule is COC(=O)c1ccc(/C=C(\C#N)c2nc(-c3ccc(Cl)cc3)cs2)cc1. The Morgan fingerprint density at radius 1 is 1.19 bits per heavy atom. The Morgan fingerprint density at radius 3 is 2.50 bits per heavy atom. The second-order valence-electron chi connectivity index (χ2n) is 5.33. The highest BCUT2D eigenvalue weighted by Crippen LogP contribution is 2.28. The van der Waals surface area contributed by atoms with Gasteiger partial charge in [0.25, 0.3) is 0 Å². The highest BCUT2D eigenvalue weighted by atomic mass is 35.5. The molecule has 6 heteroatoms. The standard InChI is InChI=1S/C20H13ClN2O2S/c1-25-20(24)15-4-2-13(3-5-15)10-16(11-22)19-23-18(12-26-19)14-6-8-17(21)9-7-14/h2-10,12H,1H3/b16-10+. The lowest BCUT2D eigenvalue weighted by molar-refractivity contribution is 0.0600. The van der Waals surface area contributed by atoms with E-state index in [0.29, 0.717) is 21.2 Å². The van der Waals surface area contributed by atoms with Gasteiger partial charge in [-0.3, -0.25) is 0 Å². The van der Waals surface area contributed by atoms with Crippen molar-refractivity contribution >= 4 is 40.6 Å². The molecule has 0 spiro atoms. The minimum atomic E-state index is -0.395. The minimum absolute atomic E-state index is 0.395. The number of aromatic nitrogens is 1. The number of thiazole rings is 1. The third-order valence-corrected chi connectivity index (χ3v) is 4.77. The summed E-state index contributed by atoms with van der Waals surface area (Å²) >= 11 is 7.31. The average molecular weight is 381 g/mol. The van der Waals surface area contributed by atoms with Crippen molar-refractivity contribution in [2.75, 3.05) is 7.11 Å². The molecule has 0 saturated carbocycles. The lowest BCUT2D eigenvalue weighted by atomic mass is 10.1. The van der Waals surface area contributed by atoms with Crippen LogP contribution >= 0.6 is 22.9 Å². The van der Waals surface area contributed by atoms with E-state index in [2.05, 4.69) is 15.8 Å². The van der Waals surface area contributed by atoms with Crippen molar-refractivity contribution in [2.45, 2.75) is 0 Å². The fourth-order valence-electron chi connectivity index (χ4n) is 2.29. The highest BCUT2D eigenvalue weighted by Gasteiger charge is 2.10. The Morgan fingerprint density at radius 2 is 1.88 bits per heavy atom. The number of methoxy groups -OCH3 is 1. The van der Waals surface area contributed by atoms with Crippen molar-refractivity contribution in [3.05, 3.63) is 75.1 Å². The number of nitrogens with zero attached hydrogens (tertiary/aromatic N) is 2. The first-order valence-corrected chi connectivity index (χ1v) is 8.88. The Labute approximate surface area is 160 Å². The number of hydrogen-bond acceptors (Lipinski definition) is 5. The summed E-state index contributed by atoms with van der Waals surface area (Å²) in [6.45, 7) is 0. The quantitative estimate of drug-likeness (QED) is 0.454. The molecule has 0 bridgehead atoms. The van der Waals surface area contributed by atoms with Crippen molar-refractivity contribution < 1.29 is 9.53 Å². The van der Waals surface area contributed by atoms with Crippen LogP contribution < -0.4 is 0 Å². The van der Waals surface area contributed by atoms with E-state index in [1.54, 1.807) is 42.5 Å². The van der Waals surface area contributed by atoms with Crippen molar-refractivity contribution in [3.8, 4) is 17.3 Å². The molecule has 0 atom stereocenters. The smallest absolute Gasteiger partial charge is 0.337 e. The fourth-order valence-corrected chi connectivity index (χ4v) is 3.21. The van der Waals surface area contributed by atoms with E-state index in [0.717, 1.165) is 16.8 Å². The second kappa shape index (κ2) is 7.96. The maximum Gasteiger partial charge on any atom is 0.337 e. The van der Waals surface area contributed by atoms with Gasteiger partial charge in [0.15, 0.2) is 0 Å². The number of esters is 1. The summed E-state index contributed by atoms with van der Waals surface area (Å²) in [6, 6.07) is 16.4. The Hall–Kier alpha value is -2.94. The zero-order chi connectivity index (χ0) is 18.5. The van der Waals surface area contributed by atoms with Gasteiger partial charge in [-0.05, 0) is 35.9 Å². The maximum atomic E-state index is 11.5. The first-order chi connectivity index (χ1) is 12.6. The van der Waals surface area contributed by atoms with Crippen LogP contribution in [0.5, 0.6) is 0 Å². The van der Waals surface area contributed by atoms with E-state index < -0.39 is 5.97 Å². The lowest BCUT2D eigenvalue weighted by Crippen LogP contribution is -2.00. The summed E-state index contributed by atoms with van der Waals surface area (Å²) in [4.78, 5) is 16.0. The molecule has 0 radical (unpaired) electrons. The van der Waals surface area contributed by atoms with Crippen molar-refractivity contribution in [2.24, 2.45) is 0 Å². The molecule has 4 nitrogen and oxygen atoms in total. The van der Waals surface area contributed by atoms with Crippen LogP contribution in [0.3, 0.4) is 0 Å². The van der Waals surface area contributed by atoms with Crippen molar-refractivity contribution in [1.82, 2.24) is 4.98 Å². The number of carbonyl (C=O) groups excluding carboxylic acids is 1. The zero-order valence-electron chi connectivity index (χ0n) is 13.8. The van der Waals surface area contributed by atoms with Gasteiger partial charge in [-0.25, -0.2) is 9.78 Å². The first kappa shape index (κ1) is 17.9. The van der Waals surface area contributed by atoms with Gasteiger partial charge in [0, 0.05) is 16.0 Å². The summed E-state index contributed by atoms with van der Waals surface area (Å²) < 4.78 is 4.68. The molecule has 1 aromatic heterocycles. The van der Waals surface area contributed by atoms with E-state index >= 15 is 0 Å². The largest absolute Gasteiger partial charge is 0.465 e. The van der Waals surface area contributed by atoms with E-state index in [1.165, 1.54) is 18.4 Å². The molecule has 0 aliphatic heterocycles. The number of carbonyl (C=O) groups is 1. The average Bonchev–Trinajstić information content (AvgIpc) is 3.16. The molecule has 26 heavy (non-hydrogen) atoms. The van der Waals surface area contributed by atoms with Crippen LogP contribution in [0.4, 0.5) is 0 Å². The second-order valence-corrected chi connectivity index (χ2v) is 6.62. The van der Waals surface area contributed by atoms with Crippen LogP contribution in [0.15, 0.2) is 53.9 Å². The molecular weight excluding hydrogens is 368 g/mol. The van der Waals surface area contributed by atoms with Gasteiger partial charge >= 0.3 is 5.97 Å². The van der Waals surface area contributed by atoms with Crippen LogP contribution in [-0.4, -0.2) is 18.1 Å². The molecule has 0 unspecified atom stereocenters. The summed E-state index contributed by atoms with van der Waals surface area (Å²) in [5, 5.41) is 12.7. The number of ether oxygens (including phenoxy) is 1. The summed E-state index contributed by atoms with van der Waals surface area (Å²) in [5.41, 5.74) is 3.46. The van der Waals surface area contributed by atoms with E-state index in [1.807, 2.05) is 17.5 Å². The van der Waals surface area contributed by atoms with Gasteiger partial charge in [-0.15, -0.1) is 11.3 Å². The van der Waals surface area contributed by atoms with E-state index in [-0.39, 0.29) is 0 Å². The predicted molar refractivity (Wildman–Crippen MR) is 104 cm³/mol. The molecule has 0 amide bonds. The number of rotatable bonds is 4. The number of halogens is 1. The van der Waals surface area contributed by atoms with E-state index in [4.69, 9.17) is 11.6 Å². The van der Waals surface area contributed by atoms with Crippen LogP contribution in [-0.2, 0) is 4.74 Å². The lowest BCUT2D eigenvalue weighted by Gasteiger charge is -2.00. The van der Waals surface area contributed by atoms with Gasteiger partial charge in [0.1, 0.15) is 11.1 Å².